The van der Waals surface area contributed by atoms with Crippen LogP contribution in [0.15, 0.2) is 63.6 Å². The van der Waals surface area contributed by atoms with E-state index in [1.54, 1.807) is 6.07 Å². The summed E-state index contributed by atoms with van der Waals surface area (Å²) in [5.74, 6) is 0.304. The predicted molar refractivity (Wildman–Crippen MR) is 117 cm³/mol. The van der Waals surface area contributed by atoms with Crippen LogP contribution in [0.25, 0.3) is 11.3 Å². The second kappa shape index (κ2) is 9.11. The first-order valence-electron chi connectivity index (χ1n) is 9.61. The number of likely N-dealkylation sites (tertiary alicyclic amines) is 1. The average molecular weight is 475 g/mol. The summed E-state index contributed by atoms with van der Waals surface area (Å²) in [5.41, 5.74) is 2.17. The van der Waals surface area contributed by atoms with E-state index in [1.165, 1.54) is 0 Å². The van der Waals surface area contributed by atoms with Crippen molar-refractivity contribution >= 4 is 33.4 Å². The van der Waals surface area contributed by atoms with Crippen LogP contribution in [0.3, 0.4) is 0 Å². The molecule has 1 aliphatic rings. The van der Waals surface area contributed by atoms with Gasteiger partial charge in [-0.3, -0.25) is 9.69 Å². The van der Waals surface area contributed by atoms with Crippen LogP contribution in [0, 0.1) is 0 Å². The third-order valence-corrected chi connectivity index (χ3v) is 6.05. The van der Waals surface area contributed by atoms with Gasteiger partial charge in [0.05, 0.1) is 6.04 Å². The van der Waals surface area contributed by atoms with Crippen LogP contribution < -0.4 is 5.32 Å². The van der Waals surface area contributed by atoms with E-state index in [0.717, 1.165) is 46.6 Å². The van der Waals surface area contributed by atoms with Gasteiger partial charge in [-0.1, -0.05) is 63.0 Å². The fraction of sp³-hybridized carbons (Fsp3) is 0.273. The second-order valence-electron chi connectivity index (χ2n) is 7.07. The molecule has 0 saturated carbocycles. The molecule has 1 fully saturated rings. The summed E-state index contributed by atoms with van der Waals surface area (Å²) in [6.07, 6.45) is 2.32. The van der Waals surface area contributed by atoms with Crippen molar-refractivity contribution in [2.75, 3.05) is 19.6 Å². The van der Waals surface area contributed by atoms with Crippen molar-refractivity contribution in [3.63, 3.8) is 0 Å². The molecule has 1 unspecified atom stereocenters. The highest BCUT2D eigenvalue weighted by Crippen LogP contribution is 2.30. The van der Waals surface area contributed by atoms with Crippen LogP contribution in [0.2, 0.25) is 5.02 Å². The maximum absolute atomic E-state index is 12.7. The molecule has 3 aromatic rings. The van der Waals surface area contributed by atoms with Gasteiger partial charge in [0.15, 0.2) is 11.5 Å². The lowest BCUT2D eigenvalue weighted by Crippen LogP contribution is -2.37. The van der Waals surface area contributed by atoms with Crippen LogP contribution >= 0.6 is 27.5 Å². The molecule has 1 atom stereocenters. The van der Waals surface area contributed by atoms with Crippen molar-refractivity contribution in [1.82, 2.24) is 15.4 Å². The molecule has 1 aromatic heterocycles. The Morgan fingerprint density at radius 1 is 1.17 bits per heavy atom. The van der Waals surface area contributed by atoms with E-state index in [0.29, 0.717) is 12.3 Å². The zero-order valence-electron chi connectivity index (χ0n) is 15.8. The lowest BCUT2D eigenvalue weighted by Gasteiger charge is -2.28. The molecule has 0 bridgehead atoms. The summed E-state index contributed by atoms with van der Waals surface area (Å²) in [6.45, 7) is 2.47. The van der Waals surface area contributed by atoms with Gasteiger partial charge in [0.25, 0.3) is 5.91 Å². The molecular weight excluding hydrogens is 454 g/mol. The minimum Gasteiger partial charge on any atom is -0.355 e. The maximum Gasteiger partial charge on any atom is 0.273 e. The number of carbonyl (C=O) groups excluding carboxylic acids is 1. The molecule has 1 saturated heterocycles. The zero-order valence-corrected chi connectivity index (χ0v) is 18.1. The van der Waals surface area contributed by atoms with E-state index in [-0.39, 0.29) is 17.6 Å². The minimum atomic E-state index is -0.256. The van der Waals surface area contributed by atoms with Gasteiger partial charge in [0.2, 0.25) is 0 Å². The first-order chi connectivity index (χ1) is 14.1. The molecule has 1 N–H and O–H groups in total. The summed E-state index contributed by atoms with van der Waals surface area (Å²) in [5, 5.41) is 7.67. The number of carbonyl (C=O) groups is 1. The largest absolute Gasteiger partial charge is 0.355 e. The van der Waals surface area contributed by atoms with E-state index < -0.39 is 0 Å². The Morgan fingerprint density at radius 3 is 2.62 bits per heavy atom. The summed E-state index contributed by atoms with van der Waals surface area (Å²) in [7, 11) is 0. The molecule has 0 aliphatic carbocycles. The molecule has 7 heteroatoms. The standard InChI is InChI=1S/C22H21BrClN3O2/c23-16-9-7-15(8-10-16)21-13-19(26-29-21)22(28)25-14-20(27-11-3-4-12-27)17-5-1-2-6-18(17)24/h1-2,5-10,13,20H,3-4,11-12,14H2,(H,25,28). The Bertz CT molecular complexity index is 984. The van der Waals surface area contributed by atoms with Crippen molar-refractivity contribution in [1.29, 1.82) is 0 Å². The Kier molecular flexibility index (Phi) is 6.33. The number of nitrogens with zero attached hydrogens (tertiary/aromatic N) is 2. The van der Waals surface area contributed by atoms with Crippen molar-refractivity contribution < 1.29 is 9.32 Å². The quantitative estimate of drug-likeness (QED) is 0.525. The lowest BCUT2D eigenvalue weighted by atomic mass is 10.1. The average Bonchev–Trinajstić information content (AvgIpc) is 3.42. The van der Waals surface area contributed by atoms with Gasteiger partial charge < -0.3 is 9.84 Å². The predicted octanol–water partition coefficient (Wildman–Crippen LogP) is 5.32. The first-order valence-corrected chi connectivity index (χ1v) is 10.8. The second-order valence-corrected chi connectivity index (χ2v) is 8.40. The fourth-order valence-electron chi connectivity index (χ4n) is 3.65. The van der Waals surface area contributed by atoms with Gasteiger partial charge in [0.1, 0.15) is 0 Å². The number of rotatable bonds is 6. The smallest absolute Gasteiger partial charge is 0.273 e. The van der Waals surface area contributed by atoms with Gasteiger partial charge >= 0.3 is 0 Å². The topological polar surface area (TPSA) is 58.4 Å². The van der Waals surface area contributed by atoms with Gasteiger partial charge in [-0.25, -0.2) is 0 Å². The Hall–Kier alpha value is -2.15. The number of aromatic nitrogens is 1. The molecular formula is C22H21BrClN3O2. The van der Waals surface area contributed by atoms with Gasteiger partial charge in [-0.05, 0) is 49.7 Å². The van der Waals surface area contributed by atoms with E-state index in [4.69, 9.17) is 16.1 Å². The molecule has 0 spiro atoms. The van der Waals surface area contributed by atoms with Crippen molar-refractivity contribution in [3.8, 4) is 11.3 Å². The van der Waals surface area contributed by atoms with E-state index in [1.807, 2.05) is 48.5 Å². The summed E-state index contributed by atoms with van der Waals surface area (Å²) >= 11 is 9.85. The van der Waals surface area contributed by atoms with E-state index >= 15 is 0 Å². The molecule has 29 heavy (non-hydrogen) atoms. The Morgan fingerprint density at radius 2 is 1.90 bits per heavy atom. The van der Waals surface area contributed by atoms with Crippen LogP contribution in [0.4, 0.5) is 0 Å². The highest BCUT2D eigenvalue weighted by atomic mass is 79.9. The first kappa shape index (κ1) is 20.1. The molecule has 5 nitrogen and oxygen atoms in total. The van der Waals surface area contributed by atoms with Crippen LogP contribution in [-0.2, 0) is 0 Å². The summed E-state index contributed by atoms with van der Waals surface area (Å²) in [4.78, 5) is 15.1. The summed E-state index contributed by atoms with van der Waals surface area (Å²) < 4.78 is 6.34. The Balaban J connectivity index is 1.47. The number of halogens is 2. The van der Waals surface area contributed by atoms with Crippen molar-refractivity contribution in [3.05, 3.63) is 75.4 Å². The lowest BCUT2D eigenvalue weighted by molar-refractivity contribution is 0.0929. The number of hydrogen-bond donors (Lipinski definition) is 1. The minimum absolute atomic E-state index is 0.0352. The van der Waals surface area contributed by atoms with Crippen LogP contribution in [0.5, 0.6) is 0 Å². The highest BCUT2D eigenvalue weighted by Gasteiger charge is 2.26. The van der Waals surface area contributed by atoms with Crippen molar-refractivity contribution in [2.45, 2.75) is 18.9 Å². The van der Waals surface area contributed by atoms with E-state index in [9.17, 15) is 4.79 Å². The van der Waals surface area contributed by atoms with Gasteiger partial charge in [0, 0.05) is 27.7 Å². The maximum atomic E-state index is 12.7. The molecule has 1 aliphatic heterocycles. The normalized spacial score (nSPS) is 15.4. The zero-order chi connectivity index (χ0) is 20.2. The molecule has 2 heterocycles. The number of amides is 1. The fourth-order valence-corrected chi connectivity index (χ4v) is 4.17. The summed E-state index contributed by atoms with van der Waals surface area (Å²) in [6, 6.07) is 17.2. The molecule has 1 amide bonds. The van der Waals surface area contributed by atoms with Crippen molar-refractivity contribution in [2.24, 2.45) is 0 Å². The highest BCUT2D eigenvalue weighted by molar-refractivity contribution is 9.10. The van der Waals surface area contributed by atoms with Crippen LogP contribution in [-0.4, -0.2) is 35.6 Å². The third kappa shape index (κ3) is 4.71. The molecule has 4 rings (SSSR count). The number of nitrogens with one attached hydrogen (secondary N) is 1. The van der Waals surface area contributed by atoms with Gasteiger partial charge in [-0.15, -0.1) is 0 Å². The number of hydrogen-bond acceptors (Lipinski definition) is 4. The van der Waals surface area contributed by atoms with Gasteiger partial charge in [-0.2, -0.15) is 0 Å². The monoisotopic (exact) mass is 473 g/mol. The SMILES string of the molecule is O=C(NCC(c1ccccc1Cl)N1CCCC1)c1cc(-c2ccc(Br)cc2)on1. The third-order valence-electron chi connectivity index (χ3n) is 5.17. The number of benzene rings is 2. The Labute approximate surface area is 183 Å². The molecule has 2 aromatic carbocycles. The van der Waals surface area contributed by atoms with E-state index in [2.05, 4.69) is 31.3 Å². The van der Waals surface area contributed by atoms with Crippen LogP contribution in [0.1, 0.15) is 34.9 Å². The molecule has 0 radical (unpaired) electrons. The molecule has 150 valence electrons.